The van der Waals surface area contributed by atoms with Gasteiger partial charge in [-0.1, -0.05) is 146 Å². The van der Waals surface area contributed by atoms with Gasteiger partial charge in [-0.3, -0.25) is 0 Å². The molecule has 11 aromatic rings. The van der Waals surface area contributed by atoms with Crippen LogP contribution in [0.25, 0.3) is 88.3 Å². The minimum absolute atomic E-state index is 0.00676. The monoisotopic (exact) mass is 897 g/mol. The van der Waals surface area contributed by atoms with Crippen molar-refractivity contribution < 1.29 is 4.42 Å². The van der Waals surface area contributed by atoms with Crippen molar-refractivity contribution in [3.8, 4) is 55.6 Å². The highest BCUT2D eigenvalue weighted by molar-refractivity contribution is 6.07. The average Bonchev–Trinajstić information content (AvgIpc) is 3.94. The van der Waals surface area contributed by atoms with Gasteiger partial charge in [-0.2, -0.15) is 0 Å². The molecular formula is C68H51NO. The normalized spacial score (nSPS) is 20.6. The summed E-state index contributed by atoms with van der Waals surface area (Å²) < 4.78 is 6.29. The number of hydrogen-bond donors (Lipinski definition) is 0. The van der Waals surface area contributed by atoms with E-state index in [4.69, 9.17) is 4.42 Å². The lowest BCUT2D eigenvalue weighted by Crippen LogP contribution is -2.55. The number of furan rings is 1. The summed E-state index contributed by atoms with van der Waals surface area (Å²) in [6, 6.07) is 83.7. The van der Waals surface area contributed by atoms with Gasteiger partial charge in [-0.15, -0.1) is 0 Å². The first kappa shape index (κ1) is 40.0. The Morgan fingerprint density at radius 1 is 0.343 bits per heavy atom. The van der Waals surface area contributed by atoms with Crippen molar-refractivity contribution in [3.05, 3.63) is 236 Å². The second kappa shape index (κ2) is 15.5. The van der Waals surface area contributed by atoms with E-state index in [1.54, 1.807) is 11.1 Å². The van der Waals surface area contributed by atoms with Gasteiger partial charge < -0.3 is 9.32 Å². The molecule has 16 rings (SSSR count). The smallest absolute Gasteiger partial charge is 0.135 e. The summed E-state index contributed by atoms with van der Waals surface area (Å²) in [7, 11) is 0. The van der Waals surface area contributed by atoms with Crippen molar-refractivity contribution in [1.29, 1.82) is 0 Å². The molecule has 5 aliphatic carbocycles. The van der Waals surface area contributed by atoms with Gasteiger partial charge in [0.2, 0.25) is 0 Å². The third-order valence-corrected chi connectivity index (χ3v) is 17.2. The van der Waals surface area contributed by atoms with Crippen LogP contribution in [0.1, 0.15) is 43.2 Å². The summed E-state index contributed by atoms with van der Waals surface area (Å²) >= 11 is 0. The van der Waals surface area contributed by atoms with Crippen molar-refractivity contribution >= 4 is 49.8 Å². The number of nitrogens with zero attached hydrogens (tertiary/aromatic N) is 1. The number of fused-ring (bicyclic) bond motifs is 7. The number of rotatable bonds is 7. The van der Waals surface area contributed by atoms with E-state index in [0.717, 1.165) is 40.1 Å². The molecule has 0 N–H and O–H groups in total. The second-order valence-electron chi connectivity index (χ2n) is 20.9. The number of hydrogen-bond acceptors (Lipinski definition) is 2. The van der Waals surface area contributed by atoms with Gasteiger partial charge >= 0.3 is 0 Å². The summed E-state index contributed by atoms with van der Waals surface area (Å²) in [5.41, 5.74) is 21.5. The maximum atomic E-state index is 6.29. The predicted molar refractivity (Wildman–Crippen MR) is 291 cm³/mol. The molecule has 0 radical (unpaired) electrons. The Morgan fingerprint density at radius 2 is 0.886 bits per heavy atom. The SMILES string of the molecule is c1ccc(-c2ccc(N(c3ccccc3)c3ccc4cc(-c5cc(-c6ccccc6)c6c(c5)C5(c7ccc(-c8ccc9oc%10ccccc%10c9c8)cc7-6)C6CC7CC(C6)CC5C7)ccc4c3)cc2)cc1. The van der Waals surface area contributed by atoms with Gasteiger partial charge in [-0.25, -0.2) is 0 Å². The molecule has 5 aliphatic rings. The number of para-hydroxylation sites is 2. The zero-order valence-corrected chi connectivity index (χ0v) is 39.1. The van der Waals surface area contributed by atoms with Crippen molar-refractivity contribution in [2.45, 2.75) is 37.5 Å². The molecule has 0 unspecified atom stereocenters. The van der Waals surface area contributed by atoms with Crippen LogP contribution in [0.2, 0.25) is 0 Å². The first-order chi connectivity index (χ1) is 34.6. The van der Waals surface area contributed by atoms with E-state index in [0.29, 0.717) is 11.8 Å². The zero-order valence-electron chi connectivity index (χ0n) is 39.1. The lowest BCUT2D eigenvalue weighted by Gasteiger charge is -2.61. The van der Waals surface area contributed by atoms with Gasteiger partial charge in [-0.05, 0) is 212 Å². The second-order valence-corrected chi connectivity index (χ2v) is 20.9. The van der Waals surface area contributed by atoms with E-state index >= 15 is 0 Å². The summed E-state index contributed by atoms with van der Waals surface area (Å²) in [6.45, 7) is 0. The highest BCUT2D eigenvalue weighted by atomic mass is 16.3. The number of benzene rings is 10. The van der Waals surface area contributed by atoms with Crippen molar-refractivity contribution in [2.24, 2.45) is 23.7 Å². The van der Waals surface area contributed by atoms with Gasteiger partial charge in [0.1, 0.15) is 11.2 Å². The Labute approximate surface area is 409 Å². The van der Waals surface area contributed by atoms with Crippen LogP contribution >= 0.6 is 0 Å². The molecule has 1 spiro atoms. The maximum absolute atomic E-state index is 6.29. The molecular weight excluding hydrogens is 847 g/mol. The average molecular weight is 898 g/mol. The molecule has 4 saturated carbocycles. The van der Waals surface area contributed by atoms with Crippen molar-refractivity contribution in [2.75, 3.05) is 4.90 Å². The standard InChI is InChI=1S/C68H51NO/c1-4-12-45(13-5-1)46-22-27-57(28-23-46)69(56-16-8-3-9-17-56)58-29-24-48-37-49(20-21-50(48)38-58)53-41-60(47-14-6-2-7-15-47)67-62-40-51(52-26-31-66-61(39-52)59-18-10-11-19-65(59)70-66)25-30-63(62)68(64(67)42-53)54-33-43-32-44(35-54)36-55(68)34-43/h1-31,37-44,54-55H,32-36H2. The molecule has 0 atom stereocenters. The molecule has 0 saturated heterocycles. The van der Waals surface area contributed by atoms with Crippen LogP contribution in [0.5, 0.6) is 0 Å². The van der Waals surface area contributed by atoms with Crippen LogP contribution in [-0.4, -0.2) is 0 Å². The number of anilines is 3. The van der Waals surface area contributed by atoms with Gasteiger partial charge in [0.15, 0.2) is 0 Å². The Hall–Kier alpha value is -7.94. The van der Waals surface area contributed by atoms with Crippen LogP contribution in [0.4, 0.5) is 17.1 Å². The summed E-state index contributed by atoms with van der Waals surface area (Å²) in [5.74, 6) is 3.04. The van der Waals surface area contributed by atoms with E-state index in [1.807, 2.05) is 0 Å². The van der Waals surface area contributed by atoms with Crippen LogP contribution in [0, 0.1) is 23.7 Å². The molecule has 0 aliphatic heterocycles. The molecule has 1 heterocycles. The van der Waals surface area contributed by atoms with Gasteiger partial charge in [0.25, 0.3) is 0 Å². The van der Waals surface area contributed by atoms with Gasteiger partial charge in [0.05, 0.1) is 0 Å². The maximum Gasteiger partial charge on any atom is 0.135 e. The Morgan fingerprint density at radius 3 is 1.66 bits per heavy atom. The first-order valence-electron chi connectivity index (χ1n) is 25.5. The molecule has 334 valence electrons. The molecule has 2 heteroatoms. The fourth-order valence-corrected chi connectivity index (χ4v) is 14.4. The fraction of sp³-hybridized carbons (Fsp3) is 0.147. The highest BCUT2D eigenvalue weighted by Gasteiger charge is 2.62. The van der Waals surface area contributed by atoms with E-state index in [9.17, 15) is 0 Å². The Kier molecular flexibility index (Phi) is 8.88. The van der Waals surface area contributed by atoms with Crippen molar-refractivity contribution in [3.63, 3.8) is 0 Å². The van der Waals surface area contributed by atoms with E-state index in [-0.39, 0.29) is 5.41 Å². The minimum Gasteiger partial charge on any atom is -0.456 e. The Balaban J connectivity index is 0.877. The van der Waals surface area contributed by atoms with Gasteiger partial charge in [0, 0.05) is 33.2 Å². The topological polar surface area (TPSA) is 16.4 Å². The highest BCUT2D eigenvalue weighted by Crippen LogP contribution is 2.70. The predicted octanol–water partition coefficient (Wildman–Crippen LogP) is 18.6. The third-order valence-electron chi connectivity index (χ3n) is 17.2. The quantitative estimate of drug-likeness (QED) is 0.158. The lowest BCUT2D eigenvalue weighted by atomic mass is 9.43. The van der Waals surface area contributed by atoms with E-state index < -0.39 is 0 Å². The third kappa shape index (κ3) is 6.12. The largest absolute Gasteiger partial charge is 0.456 e. The fourth-order valence-electron chi connectivity index (χ4n) is 14.4. The Bertz CT molecular complexity index is 3800. The van der Waals surface area contributed by atoms with Crippen LogP contribution in [0.15, 0.2) is 229 Å². The molecule has 4 bridgehead atoms. The molecule has 2 nitrogen and oxygen atoms in total. The minimum atomic E-state index is 0.00676. The molecule has 4 fully saturated rings. The zero-order chi connectivity index (χ0) is 45.9. The molecule has 0 amide bonds. The van der Waals surface area contributed by atoms with Crippen LogP contribution in [0.3, 0.4) is 0 Å². The first-order valence-corrected chi connectivity index (χ1v) is 25.5. The molecule has 1 aromatic heterocycles. The molecule has 70 heavy (non-hydrogen) atoms. The molecule has 10 aromatic carbocycles. The van der Waals surface area contributed by atoms with Crippen LogP contribution in [-0.2, 0) is 5.41 Å². The summed E-state index contributed by atoms with van der Waals surface area (Å²) in [5, 5.41) is 4.82. The summed E-state index contributed by atoms with van der Waals surface area (Å²) in [6.07, 6.45) is 6.82. The van der Waals surface area contributed by atoms with E-state index in [2.05, 4.69) is 229 Å². The lowest BCUT2D eigenvalue weighted by molar-refractivity contribution is -0.0399. The van der Waals surface area contributed by atoms with Crippen LogP contribution < -0.4 is 4.90 Å². The van der Waals surface area contributed by atoms with E-state index in [1.165, 1.54) is 109 Å². The summed E-state index contributed by atoms with van der Waals surface area (Å²) in [4.78, 5) is 2.38. The van der Waals surface area contributed by atoms with Crippen molar-refractivity contribution in [1.82, 2.24) is 0 Å².